The van der Waals surface area contributed by atoms with Crippen LogP contribution in [0.2, 0.25) is 0 Å². The number of Topliss-reactive ketones (excluding diaryl/α,β-unsaturated/α-hetero) is 1. The van der Waals surface area contributed by atoms with Crippen LogP contribution in [0, 0.1) is 11.6 Å². The molecule has 0 unspecified atom stereocenters. The van der Waals surface area contributed by atoms with Gasteiger partial charge in [-0.3, -0.25) is 9.78 Å². The van der Waals surface area contributed by atoms with Gasteiger partial charge in [-0.25, -0.2) is 8.78 Å². The molecule has 0 radical (unpaired) electrons. The maximum Gasteiger partial charge on any atom is 0.186 e. The fourth-order valence-corrected chi connectivity index (χ4v) is 2.76. The number of hydrogen-bond acceptors (Lipinski definition) is 2. The summed E-state index contributed by atoms with van der Waals surface area (Å²) >= 11 is 6.43. The first kappa shape index (κ1) is 14.3. The second-order valence-corrected chi connectivity index (χ2v) is 5.59. The summed E-state index contributed by atoms with van der Waals surface area (Å²) in [5, 5.41) is 0. The van der Waals surface area contributed by atoms with Crippen LogP contribution in [0.25, 0.3) is 0 Å². The molecule has 0 aliphatic heterocycles. The molecule has 0 N–H and O–H groups in total. The van der Waals surface area contributed by atoms with Crippen molar-refractivity contribution in [2.75, 3.05) is 0 Å². The Morgan fingerprint density at radius 2 is 1.95 bits per heavy atom. The molecule has 0 aliphatic carbocycles. The van der Waals surface area contributed by atoms with Crippen molar-refractivity contribution in [3.63, 3.8) is 0 Å². The van der Waals surface area contributed by atoms with E-state index in [2.05, 4.69) is 36.8 Å². The van der Waals surface area contributed by atoms with E-state index in [4.69, 9.17) is 0 Å². The number of rotatable bonds is 3. The number of nitrogens with zero attached hydrogens (tertiary/aromatic N) is 1. The molecule has 0 saturated heterocycles. The van der Waals surface area contributed by atoms with E-state index in [1.165, 1.54) is 6.20 Å². The number of carbonyl (C=O) groups is 1. The monoisotopic (exact) mass is 389 g/mol. The summed E-state index contributed by atoms with van der Waals surface area (Å²) in [5.74, 6) is -1.57. The summed E-state index contributed by atoms with van der Waals surface area (Å²) in [6.07, 6.45) is 1.23. The molecule has 0 atom stereocenters. The molecule has 0 saturated carbocycles. The van der Waals surface area contributed by atoms with E-state index in [0.717, 1.165) is 18.2 Å². The summed E-state index contributed by atoms with van der Waals surface area (Å²) in [6, 6.07) is 4.70. The van der Waals surface area contributed by atoms with Gasteiger partial charge in [0.05, 0.1) is 0 Å². The molecule has 1 heterocycles. The number of aromatic nitrogens is 1. The van der Waals surface area contributed by atoms with Crippen LogP contribution in [0.15, 0.2) is 39.4 Å². The van der Waals surface area contributed by atoms with Gasteiger partial charge in [0, 0.05) is 21.6 Å². The second kappa shape index (κ2) is 5.88. The molecule has 0 fully saturated rings. The van der Waals surface area contributed by atoms with Crippen molar-refractivity contribution in [3.8, 4) is 0 Å². The average Bonchev–Trinajstić information content (AvgIpc) is 2.33. The zero-order chi connectivity index (χ0) is 14.0. The van der Waals surface area contributed by atoms with Crippen molar-refractivity contribution in [1.29, 1.82) is 0 Å². The van der Waals surface area contributed by atoms with Crippen LogP contribution < -0.4 is 0 Å². The molecule has 1 aromatic heterocycles. The second-order valence-electron chi connectivity index (χ2n) is 3.82. The van der Waals surface area contributed by atoms with Crippen molar-refractivity contribution in [2.24, 2.45) is 0 Å². The lowest BCUT2D eigenvalue weighted by Crippen LogP contribution is -2.08. The highest BCUT2D eigenvalue weighted by molar-refractivity contribution is 9.11. The van der Waals surface area contributed by atoms with Gasteiger partial charge in [0.15, 0.2) is 5.78 Å². The number of ketones is 1. The number of pyridine rings is 1. The number of hydrogen-bond donors (Lipinski definition) is 0. The van der Waals surface area contributed by atoms with Gasteiger partial charge in [-0.1, -0.05) is 0 Å². The van der Waals surface area contributed by atoms with Crippen LogP contribution in [0.5, 0.6) is 0 Å². The summed E-state index contributed by atoms with van der Waals surface area (Å²) in [7, 11) is 0. The molecule has 1 aromatic carbocycles. The van der Waals surface area contributed by atoms with Gasteiger partial charge in [-0.2, -0.15) is 0 Å². The van der Waals surface area contributed by atoms with Crippen molar-refractivity contribution >= 4 is 37.6 Å². The highest BCUT2D eigenvalue weighted by Gasteiger charge is 2.15. The maximum atomic E-state index is 13.5. The first-order valence-electron chi connectivity index (χ1n) is 5.25. The summed E-state index contributed by atoms with van der Waals surface area (Å²) < 4.78 is 27.7. The average molecular weight is 391 g/mol. The minimum absolute atomic E-state index is 0.0154. The summed E-state index contributed by atoms with van der Waals surface area (Å²) in [5.41, 5.74) is 0.202. The lowest BCUT2D eigenvalue weighted by atomic mass is 10.1. The SMILES string of the molecule is O=C(Cc1cc(F)ccc1F)c1ncc(Br)cc1Br. The third-order valence-electron chi connectivity index (χ3n) is 2.43. The predicted molar refractivity (Wildman–Crippen MR) is 74.0 cm³/mol. The van der Waals surface area contributed by atoms with E-state index >= 15 is 0 Å². The minimum atomic E-state index is -0.608. The third kappa shape index (κ3) is 3.45. The molecule has 0 amide bonds. The lowest BCUT2D eigenvalue weighted by molar-refractivity contribution is 0.0986. The Bertz CT molecular complexity index is 647. The predicted octanol–water partition coefficient (Wildman–Crippen LogP) is 4.31. The standard InChI is InChI=1S/C13H7Br2F2NO/c14-8-5-10(15)13(18-6-8)12(19)4-7-3-9(16)1-2-11(7)17/h1-3,5-6H,4H2. The zero-order valence-corrected chi connectivity index (χ0v) is 12.6. The molecular weight excluding hydrogens is 384 g/mol. The van der Waals surface area contributed by atoms with Gasteiger partial charge in [-0.05, 0) is 61.7 Å². The van der Waals surface area contributed by atoms with Crippen LogP contribution in [0.4, 0.5) is 8.78 Å². The molecule has 0 spiro atoms. The van der Waals surface area contributed by atoms with E-state index in [1.807, 2.05) is 0 Å². The maximum absolute atomic E-state index is 13.5. The van der Waals surface area contributed by atoms with Crippen molar-refractivity contribution in [3.05, 3.63) is 62.3 Å². The molecule has 2 nitrogen and oxygen atoms in total. The highest BCUT2D eigenvalue weighted by atomic mass is 79.9. The van der Waals surface area contributed by atoms with E-state index in [0.29, 0.717) is 8.95 Å². The van der Waals surface area contributed by atoms with Crippen LogP contribution in [0.1, 0.15) is 16.1 Å². The van der Waals surface area contributed by atoms with Crippen LogP contribution in [-0.2, 0) is 6.42 Å². The molecular formula is C13H7Br2F2NO. The van der Waals surface area contributed by atoms with Crippen LogP contribution in [0.3, 0.4) is 0 Å². The molecule has 2 aromatic rings. The van der Waals surface area contributed by atoms with E-state index in [-0.39, 0.29) is 23.5 Å². The smallest absolute Gasteiger partial charge is 0.186 e. The van der Waals surface area contributed by atoms with Gasteiger partial charge < -0.3 is 0 Å². The van der Waals surface area contributed by atoms with Crippen molar-refractivity contribution in [2.45, 2.75) is 6.42 Å². The van der Waals surface area contributed by atoms with E-state index in [1.54, 1.807) is 6.07 Å². The topological polar surface area (TPSA) is 30.0 Å². The first-order valence-corrected chi connectivity index (χ1v) is 6.84. The van der Waals surface area contributed by atoms with Gasteiger partial charge in [0.25, 0.3) is 0 Å². The molecule has 0 bridgehead atoms. The van der Waals surface area contributed by atoms with E-state index in [9.17, 15) is 13.6 Å². The van der Waals surface area contributed by atoms with Gasteiger partial charge in [-0.15, -0.1) is 0 Å². The Labute approximate surface area is 125 Å². The number of carbonyl (C=O) groups excluding carboxylic acids is 1. The Hall–Kier alpha value is -1.14. The normalized spacial score (nSPS) is 10.5. The first-order chi connectivity index (χ1) is 8.97. The molecule has 2 rings (SSSR count). The van der Waals surface area contributed by atoms with Crippen molar-refractivity contribution < 1.29 is 13.6 Å². The Kier molecular flexibility index (Phi) is 4.42. The fourth-order valence-electron chi connectivity index (χ4n) is 1.56. The lowest BCUT2D eigenvalue weighted by Gasteiger charge is -2.05. The highest BCUT2D eigenvalue weighted by Crippen LogP contribution is 2.21. The summed E-state index contributed by atoms with van der Waals surface area (Å²) in [4.78, 5) is 16.0. The zero-order valence-electron chi connectivity index (χ0n) is 9.46. The molecule has 6 heteroatoms. The molecule has 19 heavy (non-hydrogen) atoms. The van der Waals surface area contributed by atoms with Crippen molar-refractivity contribution in [1.82, 2.24) is 4.98 Å². The minimum Gasteiger partial charge on any atom is -0.292 e. The summed E-state index contributed by atoms with van der Waals surface area (Å²) in [6.45, 7) is 0. The third-order valence-corrected chi connectivity index (χ3v) is 3.47. The van der Waals surface area contributed by atoms with Gasteiger partial charge in [0.2, 0.25) is 0 Å². The Balaban J connectivity index is 2.28. The largest absolute Gasteiger partial charge is 0.292 e. The van der Waals surface area contributed by atoms with E-state index < -0.39 is 11.6 Å². The van der Waals surface area contributed by atoms with Gasteiger partial charge >= 0.3 is 0 Å². The number of halogens is 4. The molecule has 0 aliphatic rings. The number of benzene rings is 1. The van der Waals surface area contributed by atoms with Gasteiger partial charge in [0.1, 0.15) is 17.3 Å². The molecule has 98 valence electrons. The van der Waals surface area contributed by atoms with Crippen LogP contribution >= 0.6 is 31.9 Å². The Morgan fingerprint density at radius 3 is 2.63 bits per heavy atom. The van der Waals surface area contributed by atoms with Crippen LogP contribution in [-0.4, -0.2) is 10.8 Å². The quantitative estimate of drug-likeness (QED) is 0.731. The Morgan fingerprint density at radius 1 is 1.21 bits per heavy atom. The fraction of sp³-hybridized carbons (Fsp3) is 0.0769.